The third-order valence-electron chi connectivity index (χ3n) is 2.70. The van der Waals surface area contributed by atoms with Gasteiger partial charge in [0.15, 0.2) is 0 Å². The normalized spacial score (nSPS) is 10.2. The first-order chi connectivity index (χ1) is 11.9. The number of halogens is 1. The van der Waals surface area contributed by atoms with Crippen molar-refractivity contribution in [2.45, 2.75) is 69.2 Å². The van der Waals surface area contributed by atoms with E-state index >= 15 is 0 Å². The van der Waals surface area contributed by atoms with Crippen LogP contribution in [0.5, 0.6) is 5.75 Å². The van der Waals surface area contributed by atoms with E-state index in [9.17, 15) is 4.39 Å². The van der Waals surface area contributed by atoms with Crippen molar-refractivity contribution in [2.24, 2.45) is 5.92 Å². The molecule has 0 heterocycles. The maximum atomic E-state index is 13.5. The molecular weight excluding hydrogens is 313 g/mol. The van der Waals surface area contributed by atoms with Crippen LogP contribution in [0.25, 0.3) is 0 Å². The highest BCUT2D eigenvalue weighted by Gasteiger charge is 2.07. The fraction of sp³-hybridized carbons (Fsp3) is 0.545. The Labute approximate surface area is 156 Å². The summed E-state index contributed by atoms with van der Waals surface area (Å²) in [5, 5.41) is 0. The van der Waals surface area contributed by atoms with E-state index in [1.54, 1.807) is 6.07 Å². The Morgan fingerprint density at radius 2 is 1.64 bits per heavy atom. The Hall–Kier alpha value is -1.77. The van der Waals surface area contributed by atoms with Gasteiger partial charge in [0.2, 0.25) is 0 Å². The number of benzene rings is 1. The molecule has 0 spiro atoms. The van der Waals surface area contributed by atoms with Crippen LogP contribution in [0.4, 0.5) is 10.1 Å². The first kappa shape index (κ1) is 28.1. The van der Waals surface area contributed by atoms with E-state index in [0.717, 1.165) is 11.1 Å². The van der Waals surface area contributed by atoms with Gasteiger partial charge in [-0.15, -0.1) is 0 Å². The number of nitrogen functional groups attached to an aromatic ring is 1. The average molecular weight is 354 g/mol. The molecular formula is C22H40FNO. The lowest BCUT2D eigenvalue weighted by Gasteiger charge is -2.11. The molecule has 0 saturated carbocycles. The van der Waals surface area contributed by atoms with Crippen LogP contribution in [0.1, 0.15) is 67.9 Å². The van der Waals surface area contributed by atoms with E-state index < -0.39 is 5.82 Å². The van der Waals surface area contributed by atoms with Crippen molar-refractivity contribution in [3.63, 3.8) is 0 Å². The topological polar surface area (TPSA) is 35.2 Å². The van der Waals surface area contributed by atoms with Gasteiger partial charge < -0.3 is 10.5 Å². The molecule has 0 aromatic heterocycles. The maximum absolute atomic E-state index is 13.5. The van der Waals surface area contributed by atoms with Gasteiger partial charge in [0.25, 0.3) is 0 Å². The van der Waals surface area contributed by atoms with Gasteiger partial charge in [0.1, 0.15) is 23.9 Å². The third-order valence-corrected chi connectivity index (χ3v) is 2.70. The quantitative estimate of drug-likeness (QED) is 0.444. The number of aryl methyl sites for hydroxylation is 1. The van der Waals surface area contributed by atoms with Crippen LogP contribution in [0.2, 0.25) is 0 Å². The summed E-state index contributed by atoms with van der Waals surface area (Å²) in [4.78, 5) is 0. The van der Waals surface area contributed by atoms with Gasteiger partial charge in [-0.1, -0.05) is 73.6 Å². The molecule has 0 bridgehead atoms. The van der Waals surface area contributed by atoms with Crippen molar-refractivity contribution in [1.29, 1.82) is 0 Å². The molecule has 146 valence electrons. The molecule has 0 aliphatic rings. The molecule has 3 heteroatoms. The van der Waals surface area contributed by atoms with Gasteiger partial charge >= 0.3 is 0 Å². The zero-order valence-corrected chi connectivity index (χ0v) is 18.0. The van der Waals surface area contributed by atoms with Crippen molar-refractivity contribution in [3.8, 4) is 5.75 Å². The zero-order chi connectivity index (χ0) is 20.4. The van der Waals surface area contributed by atoms with Crippen molar-refractivity contribution < 1.29 is 9.13 Å². The Balaban J connectivity index is -0.000000725. The van der Waals surface area contributed by atoms with Gasteiger partial charge in [-0.05, 0) is 43.0 Å². The molecule has 0 atom stereocenters. The number of allylic oxidation sites excluding steroid dienone is 2. The molecule has 0 unspecified atom stereocenters. The second-order valence-electron chi connectivity index (χ2n) is 4.91. The van der Waals surface area contributed by atoms with Crippen molar-refractivity contribution in [3.05, 3.63) is 47.3 Å². The van der Waals surface area contributed by atoms with Crippen LogP contribution in [0, 0.1) is 18.7 Å². The molecule has 1 aromatic rings. The van der Waals surface area contributed by atoms with E-state index in [1.165, 1.54) is 6.07 Å². The largest absolute Gasteiger partial charge is 0.487 e. The van der Waals surface area contributed by atoms with Crippen LogP contribution >= 0.6 is 0 Å². The molecule has 0 aliphatic carbocycles. The molecule has 0 saturated heterocycles. The highest BCUT2D eigenvalue weighted by molar-refractivity contribution is 5.55. The van der Waals surface area contributed by atoms with Crippen LogP contribution in [-0.4, -0.2) is 6.61 Å². The standard InChI is InChI=1S/C16H22FNO.3C2H6/c1-5-13(7-6-11(2)3)10-19-15-9-12(4)8-14(17)16(15)18;3*1-2/h5-9,11H,10,18H2,1-4H3;3*1-2H3/b7-6-,13-5+;;;. The predicted octanol–water partition coefficient (Wildman–Crippen LogP) is 7.33. The van der Waals surface area contributed by atoms with Crippen molar-refractivity contribution >= 4 is 5.69 Å². The second-order valence-corrected chi connectivity index (χ2v) is 4.91. The second kappa shape index (κ2) is 18.6. The summed E-state index contributed by atoms with van der Waals surface area (Å²) in [5.41, 5.74) is 7.56. The number of nitrogens with two attached hydrogens (primary N) is 1. The minimum atomic E-state index is -0.435. The smallest absolute Gasteiger partial charge is 0.150 e. The van der Waals surface area contributed by atoms with Gasteiger partial charge in [-0.25, -0.2) is 4.39 Å². The molecule has 0 radical (unpaired) electrons. The van der Waals surface area contributed by atoms with E-state index in [4.69, 9.17) is 10.5 Å². The number of hydrogen-bond donors (Lipinski definition) is 1. The SMILES string of the molecule is C/C=C(\C=C/C(C)C)COc1cc(C)cc(F)c1N.CC.CC.CC. The van der Waals surface area contributed by atoms with Crippen LogP contribution < -0.4 is 10.5 Å². The maximum Gasteiger partial charge on any atom is 0.150 e. The lowest BCUT2D eigenvalue weighted by molar-refractivity contribution is 0.355. The summed E-state index contributed by atoms with van der Waals surface area (Å²) in [6, 6.07) is 3.15. The molecule has 0 aliphatic heterocycles. The summed E-state index contributed by atoms with van der Waals surface area (Å²) in [6.45, 7) is 20.4. The molecule has 0 amide bonds. The van der Waals surface area contributed by atoms with E-state index in [-0.39, 0.29) is 5.69 Å². The highest BCUT2D eigenvalue weighted by Crippen LogP contribution is 2.26. The molecule has 25 heavy (non-hydrogen) atoms. The molecule has 1 aromatic carbocycles. The van der Waals surface area contributed by atoms with Crippen molar-refractivity contribution in [2.75, 3.05) is 12.3 Å². The number of rotatable bonds is 5. The highest BCUT2D eigenvalue weighted by atomic mass is 19.1. The van der Waals surface area contributed by atoms with Crippen LogP contribution in [-0.2, 0) is 0 Å². The van der Waals surface area contributed by atoms with Gasteiger partial charge in [-0.2, -0.15) is 0 Å². The zero-order valence-electron chi connectivity index (χ0n) is 18.0. The lowest BCUT2D eigenvalue weighted by atomic mass is 10.1. The van der Waals surface area contributed by atoms with Crippen LogP contribution in [0.15, 0.2) is 35.9 Å². The fourth-order valence-corrected chi connectivity index (χ4v) is 1.55. The summed E-state index contributed by atoms with van der Waals surface area (Å²) in [6.07, 6.45) is 6.09. The fourth-order valence-electron chi connectivity index (χ4n) is 1.55. The predicted molar refractivity (Wildman–Crippen MR) is 113 cm³/mol. The monoisotopic (exact) mass is 353 g/mol. The van der Waals surface area contributed by atoms with E-state index in [0.29, 0.717) is 18.3 Å². The minimum absolute atomic E-state index is 0.0638. The minimum Gasteiger partial charge on any atom is -0.487 e. The lowest BCUT2D eigenvalue weighted by Crippen LogP contribution is -2.04. The Bertz CT molecular complexity index is 491. The molecule has 2 N–H and O–H groups in total. The van der Waals surface area contributed by atoms with Gasteiger partial charge in [0, 0.05) is 0 Å². The summed E-state index contributed by atoms with van der Waals surface area (Å²) < 4.78 is 19.1. The average Bonchev–Trinajstić information content (AvgIpc) is 2.64. The third kappa shape index (κ3) is 13.2. The summed E-state index contributed by atoms with van der Waals surface area (Å²) in [7, 11) is 0. The molecule has 0 fully saturated rings. The Morgan fingerprint density at radius 1 is 1.12 bits per heavy atom. The Kier molecular flexibility index (Phi) is 20.8. The van der Waals surface area contributed by atoms with Gasteiger partial charge in [0.05, 0.1) is 0 Å². The number of ether oxygens (including phenoxy) is 1. The Morgan fingerprint density at radius 3 is 2.08 bits per heavy atom. The molecule has 1 rings (SSSR count). The van der Waals surface area contributed by atoms with Crippen LogP contribution in [0.3, 0.4) is 0 Å². The number of anilines is 1. The summed E-state index contributed by atoms with van der Waals surface area (Å²) in [5.74, 6) is 0.445. The first-order valence-corrected chi connectivity index (χ1v) is 9.45. The summed E-state index contributed by atoms with van der Waals surface area (Å²) >= 11 is 0. The number of hydrogen-bond acceptors (Lipinski definition) is 2. The first-order valence-electron chi connectivity index (χ1n) is 9.45. The van der Waals surface area contributed by atoms with E-state index in [1.807, 2.05) is 67.5 Å². The van der Waals surface area contributed by atoms with E-state index in [2.05, 4.69) is 19.9 Å². The van der Waals surface area contributed by atoms with Crippen molar-refractivity contribution in [1.82, 2.24) is 0 Å². The molecule has 2 nitrogen and oxygen atoms in total. The van der Waals surface area contributed by atoms with Gasteiger partial charge in [-0.3, -0.25) is 0 Å².